The molecular formula is C19H27N5O. The van der Waals surface area contributed by atoms with Gasteiger partial charge in [-0.25, -0.2) is 0 Å². The van der Waals surface area contributed by atoms with E-state index in [0.29, 0.717) is 25.4 Å². The molecule has 1 amide bonds. The van der Waals surface area contributed by atoms with Gasteiger partial charge < -0.3 is 15.2 Å². The summed E-state index contributed by atoms with van der Waals surface area (Å²) in [4.78, 5) is 14.7. The SMILES string of the molecule is Cc1nnc2n1[C@@H](CC(C)C)CN(C(=O)[C@H](N)Cc1ccccc1)C2. The summed E-state index contributed by atoms with van der Waals surface area (Å²) in [6.07, 6.45) is 1.54. The van der Waals surface area contributed by atoms with Crippen LogP contribution in [0, 0.1) is 12.8 Å². The predicted octanol–water partition coefficient (Wildman–Crippen LogP) is 2.09. The van der Waals surface area contributed by atoms with Crippen LogP contribution in [0.3, 0.4) is 0 Å². The predicted molar refractivity (Wildman–Crippen MR) is 96.8 cm³/mol. The lowest BCUT2D eigenvalue weighted by atomic mass is 10.00. The summed E-state index contributed by atoms with van der Waals surface area (Å²) in [5.74, 6) is 2.30. The molecule has 0 saturated heterocycles. The van der Waals surface area contributed by atoms with Crippen LogP contribution in [-0.4, -0.2) is 38.2 Å². The molecule has 2 N–H and O–H groups in total. The second-order valence-electron chi connectivity index (χ2n) is 7.33. The van der Waals surface area contributed by atoms with Crippen molar-refractivity contribution in [1.82, 2.24) is 19.7 Å². The molecule has 0 radical (unpaired) electrons. The molecule has 6 nitrogen and oxygen atoms in total. The fourth-order valence-corrected chi connectivity index (χ4v) is 3.65. The summed E-state index contributed by atoms with van der Waals surface area (Å²) in [6.45, 7) is 7.52. The van der Waals surface area contributed by atoms with Gasteiger partial charge in [-0.3, -0.25) is 4.79 Å². The van der Waals surface area contributed by atoms with Gasteiger partial charge in [-0.05, 0) is 31.2 Å². The van der Waals surface area contributed by atoms with Crippen molar-refractivity contribution in [3.05, 3.63) is 47.5 Å². The Labute approximate surface area is 149 Å². The van der Waals surface area contributed by atoms with Gasteiger partial charge in [0.05, 0.1) is 18.6 Å². The van der Waals surface area contributed by atoms with Gasteiger partial charge >= 0.3 is 0 Å². The molecule has 3 rings (SSSR count). The zero-order valence-electron chi connectivity index (χ0n) is 15.2. The highest BCUT2D eigenvalue weighted by atomic mass is 16.2. The van der Waals surface area contributed by atoms with Crippen LogP contribution in [0.4, 0.5) is 0 Å². The first-order valence-electron chi connectivity index (χ1n) is 8.94. The maximum absolute atomic E-state index is 12.9. The first-order chi connectivity index (χ1) is 12.0. The van der Waals surface area contributed by atoms with Gasteiger partial charge in [0.15, 0.2) is 5.82 Å². The number of amides is 1. The number of aryl methyl sites for hydroxylation is 1. The molecule has 0 bridgehead atoms. The van der Waals surface area contributed by atoms with Crippen molar-refractivity contribution in [2.24, 2.45) is 11.7 Å². The molecule has 134 valence electrons. The first kappa shape index (κ1) is 17.6. The highest BCUT2D eigenvalue weighted by molar-refractivity contribution is 5.82. The zero-order valence-corrected chi connectivity index (χ0v) is 15.2. The minimum Gasteiger partial charge on any atom is -0.332 e. The first-order valence-corrected chi connectivity index (χ1v) is 8.94. The molecule has 1 aromatic heterocycles. The number of hydrogen-bond acceptors (Lipinski definition) is 4. The highest BCUT2D eigenvalue weighted by Gasteiger charge is 2.32. The summed E-state index contributed by atoms with van der Waals surface area (Å²) in [5.41, 5.74) is 7.30. The smallest absolute Gasteiger partial charge is 0.240 e. The Morgan fingerprint density at radius 3 is 2.68 bits per heavy atom. The largest absolute Gasteiger partial charge is 0.332 e. The molecule has 1 aliphatic rings. The number of aromatic nitrogens is 3. The average Bonchev–Trinajstić information content (AvgIpc) is 2.96. The lowest BCUT2D eigenvalue weighted by Gasteiger charge is -2.36. The quantitative estimate of drug-likeness (QED) is 0.903. The van der Waals surface area contributed by atoms with E-state index in [0.717, 1.165) is 23.6 Å². The molecule has 0 fully saturated rings. The van der Waals surface area contributed by atoms with Crippen LogP contribution >= 0.6 is 0 Å². The molecule has 25 heavy (non-hydrogen) atoms. The van der Waals surface area contributed by atoms with E-state index >= 15 is 0 Å². The van der Waals surface area contributed by atoms with Crippen molar-refractivity contribution in [3.8, 4) is 0 Å². The molecular weight excluding hydrogens is 314 g/mol. The van der Waals surface area contributed by atoms with E-state index < -0.39 is 6.04 Å². The molecule has 2 heterocycles. The summed E-state index contributed by atoms with van der Waals surface area (Å²) in [7, 11) is 0. The Kier molecular flexibility index (Phi) is 5.18. The van der Waals surface area contributed by atoms with E-state index in [1.165, 1.54) is 0 Å². The number of rotatable bonds is 5. The Bertz CT molecular complexity index is 725. The van der Waals surface area contributed by atoms with Crippen molar-refractivity contribution in [3.63, 3.8) is 0 Å². The van der Waals surface area contributed by atoms with Crippen LogP contribution in [0.5, 0.6) is 0 Å². The standard InChI is InChI=1S/C19H27N5O/c1-13(2)9-16-11-23(12-18-22-21-14(3)24(16)18)19(25)17(20)10-15-7-5-4-6-8-15/h4-8,13,16-17H,9-12,20H2,1-3H3/t16-,17+/m0/s1. The van der Waals surface area contributed by atoms with Gasteiger partial charge in [-0.1, -0.05) is 44.2 Å². The van der Waals surface area contributed by atoms with E-state index in [9.17, 15) is 4.79 Å². The number of carbonyl (C=O) groups excluding carboxylic acids is 1. The van der Waals surface area contributed by atoms with Crippen molar-refractivity contribution in [2.75, 3.05) is 6.54 Å². The molecule has 0 spiro atoms. The van der Waals surface area contributed by atoms with Crippen LogP contribution in [0.2, 0.25) is 0 Å². The molecule has 0 aliphatic carbocycles. The molecule has 6 heteroatoms. The number of fused-ring (bicyclic) bond motifs is 1. The molecule has 2 aromatic rings. The van der Waals surface area contributed by atoms with E-state index in [4.69, 9.17) is 5.73 Å². The topological polar surface area (TPSA) is 77.0 Å². The average molecular weight is 341 g/mol. The van der Waals surface area contributed by atoms with Crippen molar-refractivity contribution in [1.29, 1.82) is 0 Å². The minimum absolute atomic E-state index is 0.00971. The molecule has 1 aliphatic heterocycles. The van der Waals surface area contributed by atoms with Gasteiger partial charge in [0.1, 0.15) is 5.82 Å². The van der Waals surface area contributed by atoms with Gasteiger partial charge in [0.2, 0.25) is 5.91 Å². The monoisotopic (exact) mass is 341 g/mol. The summed E-state index contributed by atoms with van der Waals surface area (Å²) >= 11 is 0. The lowest BCUT2D eigenvalue weighted by Crippen LogP contribution is -2.49. The van der Waals surface area contributed by atoms with Crippen molar-refractivity contribution < 1.29 is 4.79 Å². The second-order valence-corrected chi connectivity index (χ2v) is 7.33. The van der Waals surface area contributed by atoms with Crippen LogP contribution in [0.25, 0.3) is 0 Å². The molecule has 0 saturated carbocycles. The number of nitrogens with two attached hydrogens (primary N) is 1. The minimum atomic E-state index is -0.530. The van der Waals surface area contributed by atoms with Crippen LogP contribution < -0.4 is 5.73 Å². The van der Waals surface area contributed by atoms with E-state index in [-0.39, 0.29) is 11.9 Å². The van der Waals surface area contributed by atoms with Gasteiger partial charge in [-0.2, -0.15) is 0 Å². The maximum atomic E-state index is 12.9. The fourth-order valence-electron chi connectivity index (χ4n) is 3.65. The Morgan fingerprint density at radius 1 is 1.28 bits per heavy atom. The zero-order chi connectivity index (χ0) is 18.0. The number of benzene rings is 1. The summed E-state index contributed by atoms with van der Waals surface area (Å²) in [6, 6.07) is 9.60. The van der Waals surface area contributed by atoms with Crippen molar-refractivity contribution >= 4 is 5.91 Å². The molecule has 1 aromatic carbocycles. The van der Waals surface area contributed by atoms with Crippen LogP contribution in [-0.2, 0) is 17.8 Å². The summed E-state index contributed by atoms with van der Waals surface area (Å²) in [5, 5.41) is 8.47. The van der Waals surface area contributed by atoms with Crippen molar-refractivity contribution in [2.45, 2.75) is 52.2 Å². The van der Waals surface area contributed by atoms with Gasteiger partial charge in [-0.15, -0.1) is 10.2 Å². The Balaban J connectivity index is 1.75. The third-order valence-electron chi connectivity index (χ3n) is 4.74. The van der Waals surface area contributed by atoms with Crippen LogP contribution in [0.1, 0.15) is 43.5 Å². The normalized spacial score (nSPS) is 18.3. The lowest BCUT2D eigenvalue weighted by molar-refractivity contribution is -0.134. The molecule has 0 unspecified atom stereocenters. The van der Waals surface area contributed by atoms with Crippen LogP contribution in [0.15, 0.2) is 30.3 Å². The van der Waals surface area contributed by atoms with E-state index in [1.807, 2.05) is 42.2 Å². The number of carbonyl (C=O) groups is 1. The van der Waals surface area contributed by atoms with E-state index in [2.05, 4.69) is 28.6 Å². The Hall–Kier alpha value is -2.21. The molecule has 2 atom stereocenters. The second kappa shape index (κ2) is 7.35. The maximum Gasteiger partial charge on any atom is 0.240 e. The summed E-state index contributed by atoms with van der Waals surface area (Å²) < 4.78 is 2.19. The highest BCUT2D eigenvalue weighted by Crippen LogP contribution is 2.27. The van der Waals surface area contributed by atoms with Gasteiger partial charge in [0, 0.05) is 6.54 Å². The third-order valence-corrected chi connectivity index (χ3v) is 4.74. The van der Waals surface area contributed by atoms with E-state index in [1.54, 1.807) is 0 Å². The number of nitrogens with zero attached hydrogens (tertiary/aromatic N) is 4. The number of hydrogen-bond donors (Lipinski definition) is 1. The Morgan fingerprint density at radius 2 is 2.00 bits per heavy atom. The third kappa shape index (κ3) is 3.90. The van der Waals surface area contributed by atoms with Gasteiger partial charge in [0.25, 0.3) is 0 Å². The fraction of sp³-hybridized carbons (Fsp3) is 0.526.